The summed E-state index contributed by atoms with van der Waals surface area (Å²) in [6.07, 6.45) is 4.06. The SMILES string of the molecule is CN(C)C(=O)CCn1cc(CN)cn1. The summed E-state index contributed by atoms with van der Waals surface area (Å²) >= 11 is 0. The molecule has 0 spiro atoms. The van der Waals surface area contributed by atoms with Crippen molar-refractivity contribution in [1.82, 2.24) is 14.7 Å². The minimum atomic E-state index is 0.106. The Labute approximate surface area is 83.5 Å². The van der Waals surface area contributed by atoms with E-state index < -0.39 is 0 Å². The van der Waals surface area contributed by atoms with Crippen LogP contribution >= 0.6 is 0 Å². The first-order valence-electron chi connectivity index (χ1n) is 4.55. The van der Waals surface area contributed by atoms with Crippen LogP contribution in [0.2, 0.25) is 0 Å². The molecule has 1 rings (SSSR count). The summed E-state index contributed by atoms with van der Waals surface area (Å²) in [5.74, 6) is 0.106. The molecule has 0 aliphatic rings. The summed E-state index contributed by atoms with van der Waals surface area (Å²) < 4.78 is 1.74. The van der Waals surface area contributed by atoms with E-state index in [4.69, 9.17) is 5.73 Å². The monoisotopic (exact) mass is 196 g/mol. The Hall–Kier alpha value is -1.36. The van der Waals surface area contributed by atoms with Gasteiger partial charge in [0.1, 0.15) is 0 Å². The smallest absolute Gasteiger partial charge is 0.223 e. The predicted octanol–water partition coefficient (Wildman–Crippen LogP) is -0.180. The number of nitrogens with two attached hydrogens (primary N) is 1. The van der Waals surface area contributed by atoms with E-state index in [0.29, 0.717) is 19.5 Å². The van der Waals surface area contributed by atoms with Crippen LogP contribution in [0.25, 0.3) is 0 Å². The first-order chi connectivity index (χ1) is 6.63. The lowest BCUT2D eigenvalue weighted by atomic mass is 10.3. The molecule has 0 fully saturated rings. The average Bonchev–Trinajstić information content (AvgIpc) is 2.61. The third kappa shape index (κ3) is 2.85. The molecule has 0 saturated carbocycles. The number of hydrogen-bond donors (Lipinski definition) is 1. The van der Waals surface area contributed by atoms with E-state index in [-0.39, 0.29) is 5.91 Å². The molecule has 14 heavy (non-hydrogen) atoms. The van der Waals surface area contributed by atoms with Crippen LogP contribution in [0.3, 0.4) is 0 Å². The number of hydrogen-bond acceptors (Lipinski definition) is 3. The van der Waals surface area contributed by atoms with Gasteiger partial charge in [-0.2, -0.15) is 5.10 Å². The van der Waals surface area contributed by atoms with Gasteiger partial charge >= 0.3 is 0 Å². The van der Waals surface area contributed by atoms with Crippen molar-refractivity contribution >= 4 is 5.91 Å². The maximum atomic E-state index is 11.3. The molecule has 1 amide bonds. The number of amides is 1. The Kier molecular flexibility index (Phi) is 3.64. The van der Waals surface area contributed by atoms with Crippen molar-refractivity contribution in [3.63, 3.8) is 0 Å². The molecule has 78 valence electrons. The second-order valence-corrected chi connectivity index (χ2v) is 3.35. The van der Waals surface area contributed by atoms with E-state index >= 15 is 0 Å². The summed E-state index contributed by atoms with van der Waals surface area (Å²) in [7, 11) is 3.49. The predicted molar refractivity (Wildman–Crippen MR) is 53.4 cm³/mol. The zero-order valence-electron chi connectivity index (χ0n) is 8.60. The fourth-order valence-corrected chi connectivity index (χ4v) is 1.07. The first kappa shape index (κ1) is 10.7. The van der Waals surface area contributed by atoms with Crippen LogP contribution in [0.15, 0.2) is 12.4 Å². The molecule has 0 atom stereocenters. The molecular weight excluding hydrogens is 180 g/mol. The van der Waals surface area contributed by atoms with Crippen LogP contribution < -0.4 is 5.73 Å². The third-order valence-corrected chi connectivity index (χ3v) is 1.98. The molecule has 0 unspecified atom stereocenters. The van der Waals surface area contributed by atoms with E-state index in [9.17, 15) is 4.79 Å². The van der Waals surface area contributed by atoms with Gasteiger partial charge in [-0.1, -0.05) is 0 Å². The first-order valence-corrected chi connectivity index (χ1v) is 4.55. The van der Waals surface area contributed by atoms with Gasteiger partial charge < -0.3 is 10.6 Å². The molecular formula is C9H16N4O. The summed E-state index contributed by atoms with van der Waals surface area (Å²) in [6, 6.07) is 0. The van der Waals surface area contributed by atoms with Crippen molar-refractivity contribution in [1.29, 1.82) is 0 Å². The molecule has 2 N–H and O–H groups in total. The van der Waals surface area contributed by atoms with Gasteiger partial charge in [0.05, 0.1) is 6.20 Å². The Bertz CT molecular complexity index is 306. The van der Waals surface area contributed by atoms with Crippen molar-refractivity contribution in [3.8, 4) is 0 Å². The zero-order chi connectivity index (χ0) is 10.6. The fourth-order valence-electron chi connectivity index (χ4n) is 1.07. The van der Waals surface area contributed by atoms with Crippen molar-refractivity contribution in [2.75, 3.05) is 14.1 Å². The van der Waals surface area contributed by atoms with E-state index in [1.54, 1.807) is 29.9 Å². The van der Waals surface area contributed by atoms with Crippen LogP contribution in [-0.2, 0) is 17.9 Å². The van der Waals surface area contributed by atoms with Gasteiger partial charge in [0.15, 0.2) is 0 Å². The molecule has 1 heterocycles. The molecule has 5 nitrogen and oxygen atoms in total. The van der Waals surface area contributed by atoms with Gasteiger partial charge in [-0.05, 0) is 0 Å². The Morgan fingerprint density at radius 2 is 2.36 bits per heavy atom. The standard InChI is InChI=1S/C9H16N4O/c1-12(2)9(14)3-4-13-7-8(5-10)6-11-13/h6-7H,3-5,10H2,1-2H3. The highest BCUT2D eigenvalue weighted by Crippen LogP contribution is 1.98. The van der Waals surface area contributed by atoms with Crippen LogP contribution in [0.5, 0.6) is 0 Å². The van der Waals surface area contributed by atoms with Crippen LogP contribution in [0.4, 0.5) is 0 Å². The maximum Gasteiger partial charge on any atom is 0.223 e. The molecule has 0 aliphatic heterocycles. The normalized spacial score (nSPS) is 10.2. The van der Waals surface area contributed by atoms with Gasteiger partial charge in [-0.15, -0.1) is 0 Å². The quantitative estimate of drug-likeness (QED) is 0.726. The lowest BCUT2D eigenvalue weighted by Gasteiger charge is -2.09. The summed E-state index contributed by atoms with van der Waals surface area (Å²) in [5.41, 5.74) is 6.43. The van der Waals surface area contributed by atoms with Gasteiger partial charge in [-0.25, -0.2) is 0 Å². The molecule has 0 saturated heterocycles. The van der Waals surface area contributed by atoms with Crippen LogP contribution in [-0.4, -0.2) is 34.7 Å². The number of rotatable bonds is 4. The second-order valence-electron chi connectivity index (χ2n) is 3.35. The van der Waals surface area contributed by atoms with Gasteiger partial charge in [0.2, 0.25) is 5.91 Å². The second kappa shape index (κ2) is 4.76. The molecule has 0 aliphatic carbocycles. The fraction of sp³-hybridized carbons (Fsp3) is 0.556. The minimum Gasteiger partial charge on any atom is -0.349 e. The van der Waals surface area contributed by atoms with Crippen molar-refractivity contribution in [2.45, 2.75) is 19.5 Å². The Balaban J connectivity index is 2.41. The van der Waals surface area contributed by atoms with E-state index in [2.05, 4.69) is 5.10 Å². The summed E-state index contributed by atoms with van der Waals surface area (Å²) in [5, 5.41) is 4.08. The Morgan fingerprint density at radius 1 is 1.64 bits per heavy atom. The van der Waals surface area contributed by atoms with E-state index in [1.165, 1.54) is 0 Å². The van der Waals surface area contributed by atoms with Gasteiger partial charge in [0, 0.05) is 45.4 Å². The van der Waals surface area contributed by atoms with E-state index in [0.717, 1.165) is 5.56 Å². The average molecular weight is 196 g/mol. The van der Waals surface area contributed by atoms with Gasteiger partial charge in [-0.3, -0.25) is 9.48 Å². The van der Waals surface area contributed by atoms with Crippen molar-refractivity contribution in [2.24, 2.45) is 5.73 Å². The van der Waals surface area contributed by atoms with Crippen molar-refractivity contribution < 1.29 is 4.79 Å². The highest BCUT2D eigenvalue weighted by molar-refractivity contribution is 5.75. The largest absolute Gasteiger partial charge is 0.349 e. The number of carbonyl (C=O) groups is 1. The molecule has 1 aromatic rings. The number of aryl methyl sites for hydroxylation is 1. The lowest BCUT2D eigenvalue weighted by molar-refractivity contribution is -0.128. The highest BCUT2D eigenvalue weighted by Gasteiger charge is 2.04. The number of carbonyl (C=O) groups excluding carboxylic acids is 1. The highest BCUT2D eigenvalue weighted by atomic mass is 16.2. The molecule has 0 radical (unpaired) electrons. The van der Waals surface area contributed by atoms with Crippen molar-refractivity contribution in [3.05, 3.63) is 18.0 Å². The minimum absolute atomic E-state index is 0.106. The third-order valence-electron chi connectivity index (χ3n) is 1.98. The van der Waals surface area contributed by atoms with Crippen LogP contribution in [0, 0.1) is 0 Å². The van der Waals surface area contributed by atoms with Crippen LogP contribution in [0.1, 0.15) is 12.0 Å². The molecule has 0 bridgehead atoms. The molecule has 1 aromatic heterocycles. The summed E-state index contributed by atoms with van der Waals surface area (Å²) in [6.45, 7) is 1.10. The zero-order valence-corrected chi connectivity index (χ0v) is 8.60. The molecule has 5 heteroatoms. The topological polar surface area (TPSA) is 64.2 Å². The number of aromatic nitrogens is 2. The Morgan fingerprint density at radius 3 is 2.86 bits per heavy atom. The number of nitrogens with zero attached hydrogens (tertiary/aromatic N) is 3. The lowest BCUT2D eigenvalue weighted by Crippen LogP contribution is -2.22. The molecule has 0 aromatic carbocycles. The van der Waals surface area contributed by atoms with E-state index in [1.807, 2.05) is 6.20 Å². The summed E-state index contributed by atoms with van der Waals surface area (Å²) in [4.78, 5) is 12.8. The maximum absolute atomic E-state index is 11.3. The van der Waals surface area contributed by atoms with Gasteiger partial charge in [0.25, 0.3) is 0 Å².